The first-order chi connectivity index (χ1) is 15.7. The van der Waals surface area contributed by atoms with Crippen LogP contribution in [-0.4, -0.2) is 54.1 Å². The summed E-state index contributed by atoms with van der Waals surface area (Å²) in [6, 6.07) is 16.0. The van der Waals surface area contributed by atoms with Crippen molar-refractivity contribution >= 4 is 22.7 Å². The van der Waals surface area contributed by atoms with E-state index in [1.165, 1.54) is 5.56 Å². The lowest BCUT2D eigenvalue weighted by Gasteiger charge is -2.26. The van der Waals surface area contributed by atoms with Crippen LogP contribution >= 0.6 is 0 Å². The summed E-state index contributed by atoms with van der Waals surface area (Å²) in [5, 5.41) is 3.84. The number of rotatable bonds is 8. The number of fused-ring (bicyclic) bond motifs is 1. The second-order valence-corrected chi connectivity index (χ2v) is 8.17. The molecule has 6 heteroatoms. The molecule has 0 saturated carbocycles. The zero-order valence-electron chi connectivity index (χ0n) is 18.7. The largest absolute Gasteiger partial charge is 0.378 e. The third kappa shape index (κ3) is 5.02. The number of nitrogens with zero attached hydrogens (tertiary/aromatic N) is 2. The normalized spacial score (nSPS) is 14.0. The number of hydrogen-bond acceptors (Lipinski definition) is 3. The summed E-state index contributed by atoms with van der Waals surface area (Å²) in [5.74, 6) is 0.0661. The summed E-state index contributed by atoms with van der Waals surface area (Å²) in [6.07, 6.45) is 5.04. The van der Waals surface area contributed by atoms with Crippen molar-refractivity contribution in [3.05, 3.63) is 71.4 Å². The number of para-hydroxylation sites is 1. The van der Waals surface area contributed by atoms with Crippen LogP contribution in [0.2, 0.25) is 0 Å². The number of aromatic nitrogens is 1. The van der Waals surface area contributed by atoms with E-state index >= 15 is 0 Å². The number of carbonyl (C=O) groups excluding carboxylic acids is 2. The van der Waals surface area contributed by atoms with Crippen molar-refractivity contribution in [2.45, 2.75) is 32.7 Å². The van der Waals surface area contributed by atoms with Gasteiger partial charge in [-0.05, 0) is 49.9 Å². The number of morpholine rings is 1. The molecule has 4 rings (SSSR count). The first kappa shape index (κ1) is 22.1. The first-order valence-corrected chi connectivity index (χ1v) is 11.5. The Labute approximate surface area is 189 Å². The van der Waals surface area contributed by atoms with Crippen molar-refractivity contribution in [2.24, 2.45) is 0 Å². The quantitative estimate of drug-likeness (QED) is 0.548. The minimum atomic E-state index is -0.0269. The van der Waals surface area contributed by atoms with Crippen LogP contribution in [-0.2, 0) is 17.7 Å². The molecule has 1 saturated heterocycles. The zero-order chi connectivity index (χ0) is 22.3. The molecule has 3 aromatic rings. The zero-order valence-corrected chi connectivity index (χ0v) is 18.7. The Balaban J connectivity index is 1.37. The van der Waals surface area contributed by atoms with Crippen LogP contribution in [0.5, 0.6) is 0 Å². The lowest BCUT2D eigenvalue weighted by atomic mass is 10.1. The average molecular weight is 434 g/mol. The molecular formula is C26H31N3O3. The monoisotopic (exact) mass is 433 g/mol. The van der Waals surface area contributed by atoms with Crippen molar-refractivity contribution in [1.82, 2.24) is 14.8 Å². The Bertz CT molecular complexity index is 1070. The number of nitrogens with one attached hydrogen (secondary N) is 1. The van der Waals surface area contributed by atoms with Crippen molar-refractivity contribution in [1.29, 1.82) is 0 Å². The number of carbonyl (C=O) groups is 2. The van der Waals surface area contributed by atoms with E-state index in [1.807, 2.05) is 60.5 Å². The van der Waals surface area contributed by atoms with Gasteiger partial charge in [-0.2, -0.15) is 0 Å². The Hall–Kier alpha value is -3.12. The highest BCUT2D eigenvalue weighted by Crippen LogP contribution is 2.24. The molecule has 0 radical (unpaired) electrons. The van der Waals surface area contributed by atoms with Crippen LogP contribution in [0.4, 0.5) is 0 Å². The van der Waals surface area contributed by atoms with Crippen LogP contribution in [0.25, 0.3) is 10.9 Å². The predicted octanol–water partition coefficient (Wildman–Crippen LogP) is 3.89. The third-order valence-electron chi connectivity index (χ3n) is 5.99. The van der Waals surface area contributed by atoms with E-state index in [2.05, 4.69) is 16.0 Å². The molecule has 1 N–H and O–H groups in total. The molecule has 0 unspecified atom stereocenters. The molecular weight excluding hydrogens is 402 g/mol. The maximum Gasteiger partial charge on any atom is 0.256 e. The number of aryl methyl sites for hydroxylation is 2. The van der Waals surface area contributed by atoms with Crippen molar-refractivity contribution in [3.63, 3.8) is 0 Å². The van der Waals surface area contributed by atoms with Gasteiger partial charge in [0.1, 0.15) is 0 Å². The standard InChI is InChI=1S/C26H31N3O3/c1-2-27-25(30)21-12-10-20(11-13-21)7-5-6-14-29-19-23(22-8-3-4-9-24(22)29)26(31)28-15-17-32-18-16-28/h3-4,8-13,19H,2,5-7,14-18H2,1H3,(H,27,30). The fourth-order valence-corrected chi connectivity index (χ4v) is 4.24. The van der Waals surface area contributed by atoms with Gasteiger partial charge in [0.25, 0.3) is 11.8 Å². The van der Waals surface area contributed by atoms with Gasteiger partial charge >= 0.3 is 0 Å². The topological polar surface area (TPSA) is 63.6 Å². The van der Waals surface area contributed by atoms with E-state index in [0.29, 0.717) is 38.4 Å². The Kier molecular flexibility index (Phi) is 7.22. The fraction of sp³-hybridized carbons (Fsp3) is 0.385. The van der Waals surface area contributed by atoms with Gasteiger partial charge in [-0.1, -0.05) is 30.3 Å². The van der Waals surface area contributed by atoms with E-state index in [-0.39, 0.29) is 11.8 Å². The van der Waals surface area contributed by atoms with Crippen LogP contribution in [0.3, 0.4) is 0 Å². The Morgan fingerprint density at radius 3 is 2.50 bits per heavy atom. The SMILES string of the molecule is CCNC(=O)c1ccc(CCCCn2cc(C(=O)N3CCOCC3)c3ccccc32)cc1. The van der Waals surface area contributed by atoms with Gasteiger partial charge in [0.15, 0.2) is 0 Å². The van der Waals surface area contributed by atoms with Crippen LogP contribution in [0, 0.1) is 0 Å². The average Bonchev–Trinajstić information content (AvgIpc) is 3.21. The van der Waals surface area contributed by atoms with E-state index in [0.717, 1.165) is 42.3 Å². The molecule has 2 heterocycles. The lowest BCUT2D eigenvalue weighted by Crippen LogP contribution is -2.40. The highest BCUT2D eigenvalue weighted by molar-refractivity contribution is 6.07. The molecule has 168 valence electrons. The third-order valence-corrected chi connectivity index (χ3v) is 5.99. The van der Waals surface area contributed by atoms with Crippen molar-refractivity contribution < 1.29 is 14.3 Å². The van der Waals surface area contributed by atoms with E-state index in [1.54, 1.807) is 0 Å². The molecule has 1 aliphatic heterocycles. The second kappa shape index (κ2) is 10.5. The van der Waals surface area contributed by atoms with Gasteiger partial charge in [-0.15, -0.1) is 0 Å². The summed E-state index contributed by atoms with van der Waals surface area (Å²) in [4.78, 5) is 26.9. The van der Waals surface area contributed by atoms with Crippen LogP contribution in [0.15, 0.2) is 54.7 Å². The number of unbranched alkanes of at least 4 members (excludes halogenated alkanes) is 1. The smallest absolute Gasteiger partial charge is 0.256 e. The molecule has 6 nitrogen and oxygen atoms in total. The summed E-state index contributed by atoms with van der Waals surface area (Å²) >= 11 is 0. The van der Waals surface area contributed by atoms with Gasteiger partial charge in [0.05, 0.1) is 18.8 Å². The predicted molar refractivity (Wildman–Crippen MR) is 126 cm³/mol. The molecule has 0 bridgehead atoms. The molecule has 32 heavy (non-hydrogen) atoms. The summed E-state index contributed by atoms with van der Waals surface area (Å²) in [5.41, 5.74) is 3.82. The number of benzene rings is 2. The van der Waals surface area contributed by atoms with Gasteiger partial charge in [0, 0.05) is 48.8 Å². The van der Waals surface area contributed by atoms with Crippen LogP contribution in [0.1, 0.15) is 46.0 Å². The summed E-state index contributed by atoms with van der Waals surface area (Å²) < 4.78 is 7.60. The fourth-order valence-electron chi connectivity index (χ4n) is 4.24. The highest BCUT2D eigenvalue weighted by Gasteiger charge is 2.22. The van der Waals surface area contributed by atoms with Gasteiger partial charge in [-0.25, -0.2) is 0 Å². The summed E-state index contributed by atoms with van der Waals surface area (Å²) in [6.45, 7) is 5.93. The molecule has 2 amide bonds. The molecule has 0 atom stereocenters. The van der Waals surface area contributed by atoms with E-state index in [9.17, 15) is 9.59 Å². The van der Waals surface area contributed by atoms with E-state index in [4.69, 9.17) is 4.74 Å². The van der Waals surface area contributed by atoms with Crippen molar-refractivity contribution in [3.8, 4) is 0 Å². The number of amides is 2. The molecule has 2 aromatic carbocycles. The minimum Gasteiger partial charge on any atom is -0.378 e. The Morgan fingerprint density at radius 2 is 1.75 bits per heavy atom. The maximum absolute atomic E-state index is 13.1. The minimum absolute atomic E-state index is 0.0269. The highest BCUT2D eigenvalue weighted by atomic mass is 16.5. The van der Waals surface area contributed by atoms with Gasteiger partial charge in [0.2, 0.25) is 0 Å². The van der Waals surface area contributed by atoms with Gasteiger partial charge < -0.3 is 19.5 Å². The first-order valence-electron chi connectivity index (χ1n) is 11.5. The number of ether oxygens (including phenoxy) is 1. The van der Waals surface area contributed by atoms with Crippen LogP contribution < -0.4 is 5.32 Å². The van der Waals surface area contributed by atoms with Crippen molar-refractivity contribution in [2.75, 3.05) is 32.8 Å². The number of hydrogen-bond donors (Lipinski definition) is 1. The molecule has 1 aliphatic rings. The molecule has 1 aromatic heterocycles. The second-order valence-electron chi connectivity index (χ2n) is 8.17. The molecule has 1 fully saturated rings. The summed E-state index contributed by atoms with van der Waals surface area (Å²) in [7, 11) is 0. The lowest BCUT2D eigenvalue weighted by molar-refractivity contribution is 0.0304. The van der Waals surface area contributed by atoms with Gasteiger partial charge in [-0.3, -0.25) is 9.59 Å². The maximum atomic E-state index is 13.1. The Morgan fingerprint density at radius 1 is 1.00 bits per heavy atom. The molecule has 0 aliphatic carbocycles. The molecule has 0 spiro atoms. The van der Waals surface area contributed by atoms with E-state index < -0.39 is 0 Å².